The van der Waals surface area contributed by atoms with Crippen molar-refractivity contribution in [1.82, 2.24) is 0 Å². The van der Waals surface area contributed by atoms with Crippen LogP contribution in [0, 0.1) is 17.8 Å². The first kappa shape index (κ1) is 9.43. The van der Waals surface area contributed by atoms with E-state index in [1.54, 1.807) is 6.92 Å². The highest BCUT2D eigenvalue weighted by Crippen LogP contribution is 2.33. The Balaban J connectivity index is 2.70. The van der Waals surface area contributed by atoms with Gasteiger partial charge in [0, 0.05) is 11.8 Å². The van der Waals surface area contributed by atoms with E-state index < -0.39 is 0 Å². The molecule has 68 valence electrons. The van der Waals surface area contributed by atoms with E-state index in [4.69, 9.17) is 0 Å². The van der Waals surface area contributed by atoms with Gasteiger partial charge >= 0.3 is 0 Å². The minimum absolute atomic E-state index is 0.00579. The van der Waals surface area contributed by atoms with E-state index >= 15 is 0 Å². The van der Waals surface area contributed by atoms with Gasteiger partial charge in [-0.25, -0.2) is 0 Å². The quantitative estimate of drug-likeness (QED) is 0.589. The molecule has 3 unspecified atom stereocenters. The first-order valence-electron chi connectivity index (χ1n) is 4.62. The van der Waals surface area contributed by atoms with Gasteiger partial charge in [0.05, 0.1) is 0 Å². The van der Waals surface area contributed by atoms with E-state index in [1.165, 1.54) is 0 Å². The second kappa shape index (κ2) is 3.83. The summed E-state index contributed by atoms with van der Waals surface area (Å²) < 4.78 is 0. The zero-order valence-corrected chi connectivity index (χ0v) is 7.75. The Morgan fingerprint density at radius 2 is 2.08 bits per heavy atom. The molecule has 0 aromatic rings. The maximum atomic E-state index is 11.2. The molecule has 0 aromatic heterocycles. The van der Waals surface area contributed by atoms with E-state index in [-0.39, 0.29) is 17.6 Å². The van der Waals surface area contributed by atoms with Crippen LogP contribution in [-0.4, -0.2) is 12.1 Å². The van der Waals surface area contributed by atoms with Crippen LogP contribution in [-0.2, 0) is 9.59 Å². The van der Waals surface area contributed by atoms with Gasteiger partial charge in [-0.2, -0.15) is 0 Å². The first-order valence-corrected chi connectivity index (χ1v) is 4.62. The SMILES string of the molecule is CC(=O)C1CCCC(C)C1C=O. The molecular weight excluding hydrogens is 152 g/mol. The van der Waals surface area contributed by atoms with E-state index in [2.05, 4.69) is 6.92 Å². The standard InChI is InChI=1S/C10H16O2/c1-7-4-3-5-9(8(2)12)10(7)6-11/h6-7,9-10H,3-5H2,1-2H3. The smallest absolute Gasteiger partial charge is 0.133 e. The van der Waals surface area contributed by atoms with Crippen LogP contribution in [0.3, 0.4) is 0 Å². The van der Waals surface area contributed by atoms with Gasteiger partial charge in [0.15, 0.2) is 0 Å². The lowest BCUT2D eigenvalue weighted by Gasteiger charge is -2.31. The zero-order chi connectivity index (χ0) is 9.14. The predicted molar refractivity (Wildman–Crippen MR) is 46.7 cm³/mol. The minimum atomic E-state index is -0.0174. The Hall–Kier alpha value is -0.660. The molecule has 1 fully saturated rings. The number of hydrogen-bond acceptors (Lipinski definition) is 2. The van der Waals surface area contributed by atoms with Crippen LogP contribution < -0.4 is 0 Å². The van der Waals surface area contributed by atoms with Gasteiger partial charge in [0.25, 0.3) is 0 Å². The molecule has 0 spiro atoms. The first-order chi connectivity index (χ1) is 5.66. The number of Topliss-reactive ketones (excluding diaryl/α,β-unsaturated/α-hetero) is 1. The molecule has 1 aliphatic rings. The summed E-state index contributed by atoms with van der Waals surface area (Å²) in [6, 6.07) is 0. The van der Waals surface area contributed by atoms with E-state index in [1.807, 2.05) is 0 Å². The van der Waals surface area contributed by atoms with Crippen molar-refractivity contribution in [2.75, 3.05) is 0 Å². The molecule has 0 aromatic carbocycles. The Bertz CT molecular complexity index is 186. The van der Waals surface area contributed by atoms with Gasteiger partial charge < -0.3 is 4.79 Å². The maximum absolute atomic E-state index is 11.2. The number of carbonyl (C=O) groups is 2. The van der Waals surface area contributed by atoms with E-state index in [9.17, 15) is 9.59 Å². The fourth-order valence-electron chi connectivity index (χ4n) is 2.14. The molecule has 0 heterocycles. The molecule has 0 N–H and O–H groups in total. The molecule has 0 radical (unpaired) electrons. The van der Waals surface area contributed by atoms with Crippen LogP contribution in [0.4, 0.5) is 0 Å². The van der Waals surface area contributed by atoms with Crippen molar-refractivity contribution >= 4 is 12.1 Å². The van der Waals surface area contributed by atoms with Crippen molar-refractivity contribution in [2.24, 2.45) is 17.8 Å². The third-order valence-electron chi connectivity index (χ3n) is 2.98. The summed E-state index contributed by atoms with van der Waals surface area (Å²) >= 11 is 0. The van der Waals surface area contributed by atoms with Crippen LogP contribution in [0.1, 0.15) is 33.1 Å². The summed E-state index contributed by atoms with van der Waals surface area (Å²) in [6.07, 6.45) is 4.06. The molecule has 1 aliphatic carbocycles. The topological polar surface area (TPSA) is 34.1 Å². The fourth-order valence-corrected chi connectivity index (χ4v) is 2.14. The lowest BCUT2D eigenvalue weighted by atomic mass is 9.72. The highest BCUT2D eigenvalue weighted by molar-refractivity contribution is 5.81. The Kier molecular flexibility index (Phi) is 3.01. The lowest BCUT2D eigenvalue weighted by molar-refractivity contribution is -0.129. The monoisotopic (exact) mass is 168 g/mol. The van der Waals surface area contributed by atoms with Crippen LogP contribution in [0.25, 0.3) is 0 Å². The van der Waals surface area contributed by atoms with Crippen LogP contribution in [0.5, 0.6) is 0 Å². The van der Waals surface area contributed by atoms with Crippen LogP contribution in [0.15, 0.2) is 0 Å². The van der Waals surface area contributed by atoms with Crippen molar-refractivity contribution in [2.45, 2.75) is 33.1 Å². The molecule has 3 atom stereocenters. The molecule has 1 saturated carbocycles. The Morgan fingerprint density at radius 1 is 1.42 bits per heavy atom. The van der Waals surface area contributed by atoms with Crippen molar-refractivity contribution < 1.29 is 9.59 Å². The summed E-state index contributed by atoms with van der Waals surface area (Å²) in [4.78, 5) is 21.9. The molecule has 0 saturated heterocycles. The second-order valence-corrected chi connectivity index (χ2v) is 3.84. The maximum Gasteiger partial charge on any atom is 0.133 e. The van der Waals surface area contributed by atoms with Gasteiger partial charge in [-0.1, -0.05) is 13.3 Å². The number of carbonyl (C=O) groups excluding carboxylic acids is 2. The lowest BCUT2D eigenvalue weighted by Crippen LogP contribution is -2.32. The predicted octanol–water partition coefficient (Wildman–Crippen LogP) is 1.83. The van der Waals surface area contributed by atoms with Gasteiger partial charge in [0.2, 0.25) is 0 Å². The summed E-state index contributed by atoms with van der Waals surface area (Å²) in [5.41, 5.74) is 0. The largest absolute Gasteiger partial charge is 0.303 e. The summed E-state index contributed by atoms with van der Waals surface area (Å²) in [5, 5.41) is 0. The summed E-state index contributed by atoms with van der Waals surface area (Å²) in [7, 11) is 0. The molecule has 0 aliphatic heterocycles. The van der Waals surface area contributed by atoms with Crippen LogP contribution in [0.2, 0.25) is 0 Å². The number of ketones is 1. The molecule has 12 heavy (non-hydrogen) atoms. The number of hydrogen-bond donors (Lipinski definition) is 0. The molecule has 0 bridgehead atoms. The fraction of sp³-hybridized carbons (Fsp3) is 0.800. The molecule has 2 nitrogen and oxygen atoms in total. The van der Waals surface area contributed by atoms with Crippen molar-refractivity contribution in [3.63, 3.8) is 0 Å². The average molecular weight is 168 g/mol. The minimum Gasteiger partial charge on any atom is -0.303 e. The van der Waals surface area contributed by atoms with Crippen molar-refractivity contribution in [3.05, 3.63) is 0 Å². The molecule has 0 amide bonds. The number of rotatable bonds is 2. The zero-order valence-electron chi connectivity index (χ0n) is 7.75. The van der Waals surface area contributed by atoms with Gasteiger partial charge in [-0.05, 0) is 25.7 Å². The molecule has 2 heteroatoms. The number of aldehydes is 1. The van der Waals surface area contributed by atoms with Gasteiger partial charge in [-0.15, -0.1) is 0 Å². The Morgan fingerprint density at radius 3 is 2.50 bits per heavy atom. The Labute approximate surface area is 73.3 Å². The van der Waals surface area contributed by atoms with Crippen molar-refractivity contribution in [1.29, 1.82) is 0 Å². The van der Waals surface area contributed by atoms with E-state index in [0.717, 1.165) is 25.5 Å². The van der Waals surface area contributed by atoms with Crippen molar-refractivity contribution in [3.8, 4) is 0 Å². The summed E-state index contributed by atoms with van der Waals surface area (Å²) in [5.74, 6) is 0.561. The average Bonchev–Trinajstić information content (AvgIpc) is 2.03. The van der Waals surface area contributed by atoms with Crippen LogP contribution >= 0.6 is 0 Å². The molecular formula is C10H16O2. The highest BCUT2D eigenvalue weighted by Gasteiger charge is 2.32. The van der Waals surface area contributed by atoms with E-state index in [0.29, 0.717) is 5.92 Å². The molecule has 1 rings (SSSR count). The normalized spacial score (nSPS) is 36.0. The van der Waals surface area contributed by atoms with Gasteiger partial charge in [0.1, 0.15) is 12.1 Å². The highest BCUT2D eigenvalue weighted by atomic mass is 16.1. The third kappa shape index (κ3) is 1.74. The van der Waals surface area contributed by atoms with Gasteiger partial charge in [-0.3, -0.25) is 4.79 Å². The second-order valence-electron chi connectivity index (χ2n) is 3.84. The summed E-state index contributed by atoms with van der Waals surface area (Å²) in [6.45, 7) is 3.66. The third-order valence-corrected chi connectivity index (χ3v) is 2.98.